The van der Waals surface area contributed by atoms with E-state index in [0.717, 1.165) is 62.8 Å². The summed E-state index contributed by atoms with van der Waals surface area (Å²) in [5, 5.41) is 3.36. The summed E-state index contributed by atoms with van der Waals surface area (Å²) < 4.78 is 0. The van der Waals surface area contributed by atoms with Crippen molar-refractivity contribution in [2.24, 2.45) is 4.99 Å². The molecule has 0 aromatic heterocycles. The number of likely N-dealkylation sites (tertiary alicyclic amines) is 1. The highest BCUT2D eigenvalue weighted by atomic mass is 16.2. The Bertz CT molecular complexity index is 708. The number of hydrogen-bond acceptors (Lipinski definition) is 3. The Morgan fingerprint density at radius 1 is 1.04 bits per heavy atom. The second kappa shape index (κ2) is 9.57. The second-order valence-corrected chi connectivity index (χ2v) is 7.40. The van der Waals surface area contributed by atoms with Gasteiger partial charge in [0, 0.05) is 59.2 Å². The maximum Gasteiger partial charge on any atom is 0.222 e. The summed E-state index contributed by atoms with van der Waals surface area (Å²) in [4.78, 5) is 34.1. The second-order valence-electron chi connectivity index (χ2n) is 7.40. The number of piperazine rings is 1. The van der Waals surface area contributed by atoms with Gasteiger partial charge in [-0.25, -0.2) is 4.99 Å². The fourth-order valence-electron chi connectivity index (χ4n) is 3.67. The third-order valence-electron chi connectivity index (χ3n) is 5.34. The molecule has 2 fully saturated rings. The first-order valence-electron chi connectivity index (χ1n) is 10.2. The minimum Gasteiger partial charge on any atom is -0.357 e. The molecular weight excluding hydrogens is 354 g/mol. The minimum atomic E-state index is 0.136. The van der Waals surface area contributed by atoms with E-state index in [9.17, 15) is 9.59 Å². The number of nitrogens with one attached hydrogen (secondary N) is 1. The van der Waals surface area contributed by atoms with E-state index in [1.54, 1.807) is 6.92 Å². The van der Waals surface area contributed by atoms with E-state index >= 15 is 0 Å². The predicted octanol–water partition coefficient (Wildman–Crippen LogP) is 1.44. The van der Waals surface area contributed by atoms with E-state index in [2.05, 4.69) is 41.4 Å². The van der Waals surface area contributed by atoms with Crippen LogP contribution in [0.2, 0.25) is 0 Å². The molecule has 3 rings (SSSR count). The van der Waals surface area contributed by atoms with E-state index in [1.807, 2.05) is 9.80 Å². The van der Waals surface area contributed by atoms with Crippen molar-refractivity contribution < 1.29 is 9.59 Å². The highest BCUT2D eigenvalue weighted by Gasteiger charge is 2.21. The van der Waals surface area contributed by atoms with Crippen LogP contribution in [0.4, 0.5) is 0 Å². The number of guanidine groups is 1. The summed E-state index contributed by atoms with van der Waals surface area (Å²) in [6, 6.07) is 8.37. The maximum absolute atomic E-state index is 11.8. The van der Waals surface area contributed by atoms with Crippen molar-refractivity contribution in [1.29, 1.82) is 0 Å². The van der Waals surface area contributed by atoms with Gasteiger partial charge in [-0.15, -0.1) is 0 Å². The third kappa shape index (κ3) is 5.24. The first kappa shape index (κ1) is 20.2. The van der Waals surface area contributed by atoms with Crippen LogP contribution in [0.3, 0.4) is 0 Å². The van der Waals surface area contributed by atoms with Crippen molar-refractivity contribution >= 4 is 17.8 Å². The first-order valence-corrected chi connectivity index (χ1v) is 10.2. The summed E-state index contributed by atoms with van der Waals surface area (Å²) in [5.41, 5.74) is 2.31. The van der Waals surface area contributed by atoms with Crippen LogP contribution in [0, 0.1) is 0 Å². The molecule has 7 nitrogen and oxygen atoms in total. The number of rotatable bonds is 5. The molecule has 0 radical (unpaired) electrons. The normalized spacial score (nSPS) is 18.0. The summed E-state index contributed by atoms with van der Waals surface area (Å²) in [6.45, 7) is 9.76. The van der Waals surface area contributed by atoms with Gasteiger partial charge in [-0.3, -0.25) is 9.59 Å². The molecule has 0 bridgehead atoms. The van der Waals surface area contributed by atoms with Crippen molar-refractivity contribution in [2.45, 2.75) is 39.8 Å². The van der Waals surface area contributed by atoms with Gasteiger partial charge >= 0.3 is 0 Å². The molecule has 2 heterocycles. The van der Waals surface area contributed by atoms with Crippen LogP contribution in [0.1, 0.15) is 37.8 Å². The van der Waals surface area contributed by atoms with Crippen molar-refractivity contribution in [1.82, 2.24) is 20.0 Å². The summed E-state index contributed by atoms with van der Waals surface area (Å²) in [6.07, 6.45) is 1.65. The zero-order valence-corrected chi connectivity index (χ0v) is 17.0. The topological polar surface area (TPSA) is 68.2 Å². The van der Waals surface area contributed by atoms with Crippen molar-refractivity contribution in [3.63, 3.8) is 0 Å². The summed E-state index contributed by atoms with van der Waals surface area (Å²) in [5.74, 6) is 1.29. The molecule has 2 saturated heterocycles. The predicted molar refractivity (Wildman–Crippen MR) is 110 cm³/mol. The van der Waals surface area contributed by atoms with Gasteiger partial charge < -0.3 is 20.0 Å². The number of nitrogens with zero attached hydrogens (tertiary/aromatic N) is 4. The largest absolute Gasteiger partial charge is 0.357 e. The molecule has 1 N–H and O–H groups in total. The van der Waals surface area contributed by atoms with Crippen LogP contribution < -0.4 is 5.32 Å². The molecule has 1 aromatic carbocycles. The van der Waals surface area contributed by atoms with E-state index in [1.165, 1.54) is 0 Å². The quantitative estimate of drug-likeness (QED) is 0.615. The van der Waals surface area contributed by atoms with Gasteiger partial charge in [0.25, 0.3) is 0 Å². The fourth-order valence-corrected chi connectivity index (χ4v) is 3.67. The average molecular weight is 386 g/mol. The van der Waals surface area contributed by atoms with Crippen LogP contribution in [0.25, 0.3) is 0 Å². The molecule has 0 saturated carbocycles. The van der Waals surface area contributed by atoms with Gasteiger partial charge in [-0.05, 0) is 24.5 Å². The SMILES string of the molecule is CCNC(=NCc1ccc(CN2CCCC2=O)cc1)N1CCN(C(C)=O)CC1. The number of aliphatic imine (C=N–C) groups is 1. The van der Waals surface area contributed by atoms with Crippen LogP contribution >= 0.6 is 0 Å². The fraction of sp³-hybridized carbons (Fsp3) is 0.571. The molecule has 2 amide bonds. The van der Waals surface area contributed by atoms with E-state index < -0.39 is 0 Å². The third-order valence-corrected chi connectivity index (χ3v) is 5.34. The Morgan fingerprint density at radius 2 is 1.68 bits per heavy atom. The van der Waals surface area contributed by atoms with Crippen molar-refractivity contribution in [3.05, 3.63) is 35.4 Å². The van der Waals surface area contributed by atoms with Crippen LogP contribution in [-0.4, -0.2) is 71.7 Å². The van der Waals surface area contributed by atoms with Crippen LogP contribution in [-0.2, 0) is 22.7 Å². The van der Waals surface area contributed by atoms with E-state index in [0.29, 0.717) is 19.5 Å². The molecule has 0 spiro atoms. The van der Waals surface area contributed by atoms with Crippen molar-refractivity contribution in [2.75, 3.05) is 39.3 Å². The molecule has 7 heteroatoms. The molecule has 1 aromatic rings. The Kier molecular flexibility index (Phi) is 6.90. The number of carbonyl (C=O) groups excluding carboxylic acids is 2. The van der Waals surface area contributed by atoms with Gasteiger partial charge in [0.05, 0.1) is 6.54 Å². The van der Waals surface area contributed by atoms with Gasteiger partial charge in [-0.2, -0.15) is 0 Å². The van der Waals surface area contributed by atoms with Gasteiger partial charge in [0.2, 0.25) is 11.8 Å². The Balaban J connectivity index is 1.57. The van der Waals surface area contributed by atoms with Gasteiger partial charge in [0.1, 0.15) is 0 Å². The smallest absolute Gasteiger partial charge is 0.222 e. The molecular formula is C21H31N5O2. The van der Waals surface area contributed by atoms with Crippen LogP contribution in [0.15, 0.2) is 29.3 Å². The lowest BCUT2D eigenvalue weighted by Crippen LogP contribution is -2.53. The molecule has 0 atom stereocenters. The minimum absolute atomic E-state index is 0.136. The number of hydrogen-bond donors (Lipinski definition) is 1. The number of benzene rings is 1. The number of carbonyl (C=O) groups is 2. The number of amides is 2. The van der Waals surface area contributed by atoms with Gasteiger partial charge in [-0.1, -0.05) is 24.3 Å². The standard InChI is InChI=1S/C21H31N5O2/c1-3-22-21(25-13-11-24(12-14-25)17(2)27)23-15-18-6-8-19(9-7-18)16-26-10-4-5-20(26)28/h6-9H,3-5,10-16H2,1-2H3,(H,22,23). The maximum atomic E-state index is 11.8. The molecule has 152 valence electrons. The van der Waals surface area contributed by atoms with Crippen molar-refractivity contribution in [3.8, 4) is 0 Å². The molecule has 2 aliphatic heterocycles. The Hall–Kier alpha value is -2.57. The van der Waals surface area contributed by atoms with E-state index in [-0.39, 0.29) is 11.8 Å². The highest BCUT2D eigenvalue weighted by molar-refractivity contribution is 5.80. The van der Waals surface area contributed by atoms with E-state index in [4.69, 9.17) is 4.99 Å². The summed E-state index contributed by atoms with van der Waals surface area (Å²) in [7, 11) is 0. The zero-order valence-electron chi connectivity index (χ0n) is 17.0. The molecule has 0 aliphatic carbocycles. The lowest BCUT2D eigenvalue weighted by atomic mass is 10.1. The molecule has 28 heavy (non-hydrogen) atoms. The molecule has 2 aliphatic rings. The Morgan fingerprint density at radius 3 is 2.25 bits per heavy atom. The monoisotopic (exact) mass is 385 g/mol. The Labute approximate surface area is 167 Å². The van der Waals surface area contributed by atoms with Crippen LogP contribution in [0.5, 0.6) is 0 Å². The molecule has 0 unspecified atom stereocenters. The first-order chi connectivity index (χ1) is 13.6. The summed E-state index contributed by atoms with van der Waals surface area (Å²) >= 11 is 0. The highest BCUT2D eigenvalue weighted by Crippen LogP contribution is 2.15. The lowest BCUT2D eigenvalue weighted by Gasteiger charge is -2.36. The van der Waals surface area contributed by atoms with Gasteiger partial charge in [0.15, 0.2) is 5.96 Å². The average Bonchev–Trinajstić information content (AvgIpc) is 3.11. The zero-order chi connectivity index (χ0) is 19.9. The lowest BCUT2D eigenvalue weighted by molar-refractivity contribution is -0.130.